The molecule has 6 heteroatoms. The number of rotatable bonds is 5. The predicted octanol–water partition coefficient (Wildman–Crippen LogP) is 3.64. The van der Waals surface area contributed by atoms with Crippen molar-refractivity contribution in [2.45, 2.75) is 12.1 Å². The van der Waals surface area contributed by atoms with Gasteiger partial charge in [0.1, 0.15) is 0 Å². The predicted molar refractivity (Wildman–Crippen MR) is 97.4 cm³/mol. The highest BCUT2D eigenvalue weighted by Gasteiger charge is 2.14. The van der Waals surface area contributed by atoms with Crippen LogP contribution in [0.15, 0.2) is 53.7 Å². The summed E-state index contributed by atoms with van der Waals surface area (Å²) in [5, 5.41) is 18.0. The lowest BCUT2D eigenvalue weighted by atomic mass is 10.1. The van der Waals surface area contributed by atoms with E-state index < -0.39 is 0 Å². The molecule has 0 aliphatic heterocycles. The van der Waals surface area contributed by atoms with E-state index in [2.05, 4.69) is 10.2 Å². The van der Waals surface area contributed by atoms with Gasteiger partial charge in [0.25, 0.3) is 0 Å². The number of carbonyl (C=O) groups excluding carboxylic acids is 1. The number of aryl methyl sites for hydroxylation is 1. The zero-order chi connectivity index (χ0) is 17.8. The highest BCUT2D eigenvalue weighted by atomic mass is 32.2. The maximum absolute atomic E-state index is 12.3. The van der Waals surface area contributed by atoms with Crippen molar-refractivity contribution in [3.63, 3.8) is 0 Å². The van der Waals surface area contributed by atoms with Crippen LogP contribution in [0.1, 0.15) is 21.5 Å². The second-order valence-electron chi connectivity index (χ2n) is 5.58. The summed E-state index contributed by atoms with van der Waals surface area (Å²) < 4.78 is 1.90. The number of carbonyl (C=O) groups is 1. The molecule has 0 radical (unpaired) electrons. The minimum absolute atomic E-state index is 0.00469. The molecular formula is C19H16N4OS. The third-order valence-corrected chi connectivity index (χ3v) is 4.91. The van der Waals surface area contributed by atoms with E-state index in [9.17, 15) is 4.79 Å². The Hall–Kier alpha value is -2.91. The summed E-state index contributed by atoms with van der Waals surface area (Å²) in [6, 6.07) is 16.7. The average molecular weight is 348 g/mol. The Labute approximate surface area is 150 Å². The number of nitriles is 1. The molecule has 5 nitrogen and oxygen atoms in total. The van der Waals surface area contributed by atoms with Gasteiger partial charge in [-0.2, -0.15) is 5.26 Å². The molecule has 0 saturated carbocycles. The molecular weight excluding hydrogens is 332 g/mol. The highest BCUT2D eigenvalue weighted by molar-refractivity contribution is 7.99. The molecule has 0 bridgehead atoms. The van der Waals surface area contributed by atoms with Crippen molar-refractivity contribution in [2.75, 3.05) is 5.75 Å². The molecule has 0 amide bonds. The van der Waals surface area contributed by atoms with E-state index in [0.29, 0.717) is 16.3 Å². The Bertz CT molecular complexity index is 954. The Balaban J connectivity index is 1.73. The molecule has 124 valence electrons. The zero-order valence-electron chi connectivity index (χ0n) is 13.9. The van der Waals surface area contributed by atoms with Crippen molar-refractivity contribution in [3.8, 4) is 17.5 Å². The van der Waals surface area contributed by atoms with Gasteiger partial charge in [0.05, 0.1) is 17.4 Å². The SMILES string of the molecule is Cc1ccccc1-c1nnc(SCC(=O)c2ccc(C#N)cc2)n1C. The summed E-state index contributed by atoms with van der Waals surface area (Å²) >= 11 is 1.36. The minimum Gasteiger partial charge on any atom is -0.305 e. The molecule has 25 heavy (non-hydrogen) atoms. The van der Waals surface area contributed by atoms with Crippen molar-refractivity contribution in [3.05, 3.63) is 65.2 Å². The Morgan fingerprint density at radius 2 is 1.88 bits per heavy atom. The van der Waals surface area contributed by atoms with Crippen LogP contribution in [0, 0.1) is 18.3 Å². The fraction of sp³-hybridized carbons (Fsp3) is 0.158. The number of Topliss-reactive ketones (excluding diaryl/α,β-unsaturated/α-hetero) is 1. The van der Waals surface area contributed by atoms with Crippen LogP contribution < -0.4 is 0 Å². The van der Waals surface area contributed by atoms with Crippen LogP contribution in [0.3, 0.4) is 0 Å². The summed E-state index contributed by atoms with van der Waals surface area (Å²) in [6.07, 6.45) is 0. The normalized spacial score (nSPS) is 10.4. The van der Waals surface area contributed by atoms with E-state index in [1.54, 1.807) is 24.3 Å². The van der Waals surface area contributed by atoms with Crippen molar-refractivity contribution in [1.29, 1.82) is 5.26 Å². The molecule has 1 aromatic heterocycles. The molecule has 3 rings (SSSR count). The lowest BCUT2D eigenvalue weighted by Gasteiger charge is -2.06. The van der Waals surface area contributed by atoms with Crippen LogP contribution in [0.2, 0.25) is 0 Å². The third kappa shape index (κ3) is 3.62. The first-order chi connectivity index (χ1) is 12.1. The summed E-state index contributed by atoms with van der Waals surface area (Å²) in [5.41, 5.74) is 3.29. The fourth-order valence-electron chi connectivity index (χ4n) is 2.44. The maximum atomic E-state index is 12.3. The molecule has 3 aromatic rings. The molecule has 0 atom stereocenters. The molecule has 0 spiro atoms. The Morgan fingerprint density at radius 1 is 1.16 bits per heavy atom. The molecule has 0 aliphatic carbocycles. The largest absolute Gasteiger partial charge is 0.305 e. The molecule has 0 saturated heterocycles. The summed E-state index contributed by atoms with van der Waals surface area (Å²) in [7, 11) is 1.90. The second kappa shape index (κ2) is 7.32. The smallest absolute Gasteiger partial charge is 0.191 e. The maximum Gasteiger partial charge on any atom is 0.191 e. The van der Waals surface area contributed by atoms with Gasteiger partial charge in [0.15, 0.2) is 16.8 Å². The van der Waals surface area contributed by atoms with Crippen LogP contribution in [-0.4, -0.2) is 26.3 Å². The van der Waals surface area contributed by atoms with Crippen LogP contribution in [-0.2, 0) is 7.05 Å². The van der Waals surface area contributed by atoms with Gasteiger partial charge in [0.2, 0.25) is 0 Å². The first kappa shape index (κ1) is 16.9. The van der Waals surface area contributed by atoms with Crippen LogP contribution in [0.5, 0.6) is 0 Å². The second-order valence-corrected chi connectivity index (χ2v) is 6.52. The van der Waals surface area contributed by atoms with Crippen LogP contribution >= 0.6 is 11.8 Å². The minimum atomic E-state index is -0.00469. The van der Waals surface area contributed by atoms with E-state index >= 15 is 0 Å². The van der Waals surface area contributed by atoms with Gasteiger partial charge >= 0.3 is 0 Å². The quantitative estimate of drug-likeness (QED) is 0.520. The van der Waals surface area contributed by atoms with Crippen molar-refractivity contribution in [1.82, 2.24) is 14.8 Å². The van der Waals surface area contributed by atoms with Gasteiger partial charge in [-0.05, 0) is 24.6 Å². The molecule has 0 fully saturated rings. The van der Waals surface area contributed by atoms with Gasteiger partial charge in [-0.1, -0.05) is 48.2 Å². The topological polar surface area (TPSA) is 71.6 Å². The van der Waals surface area contributed by atoms with E-state index in [4.69, 9.17) is 5.26 Å². The standard InChI is InChI=1S/C19H16N4OS/c1-13-5-3-4-6-16(13)18-21-22-19(23(18)2)25-12-17(24)15-9-7-14(11-20)8-10-15/h3-10H,12H2,1-2H3. The van der Waals surface area contributed by atoms with Crippen molar-refractivity contribution < 1.29 is 4.79 Å². The number of hydrogen-bond donors (Lipinski definition) is 0. The van der Waals surface area contributed by atoms with Gasteiger partial charge < -0.3 is 4.57 Å². The van der Waals surface area contributed by atoms with E-state index in [1.165, 1.54) is 11.8 Å². The van der Waals surface area contributed by atoms with E-state index in [-0.39, 0.29) is 11.5 Å². The van der Waals surface area contributed by atoms with E-state index in [0.717, 1.165) is 17.0 Å². The lowest BCUT2D eigenvalue weighted by Crippen LogP contribution is -2.04. The number of nitrogens with zero attached hydrogens (tertiary/aromatic N) is 4. The molecule has 1 heterocycles. The van der Waals surface area contributed by atoms with Crippen LogP contribution in [0.25, 0.3) is 11.4 Å². The number of aromatic nitrogens is 3. The van der Waals surface area contributed by atoms with Gasteiger partial charge in [0, 0.05) is 18.2 Å². The highest BCUT2D eigenvalue weighted by Crippen LogP contribution is 2.25. The first-order valence-electron chi connectivity index (χ1n) is 7.71. The average Bonchev–Trinajstić information content (AvgIpc) is 3.00. The van der Waals surface area contributed by atoms with Crippen molar-refractivity contribution >= 4 is 17.5 Å². The summed E-state index contributed by atoms with van der Waals surface area (Å²) in [4.78, 5) is 12.3. The number of ketones is 1. The number of benzene rings is 2. The summed E-state index contributed by atoms with van der Waals surface area (Å²) in [6.45, 7) is 2.03. The molecule has 0 unspecified atom stereocenters. The monoisotopic (exact) mass is 348 g/mol. The fourth-order valence-corrected chi connectivity index (χ4v) is 3.25. The van der Waals surface area contributed by atoms with Gasteiger partial charge in [-0.15, -0.1) is 10.2 Å². The van der Waals surface area contributed by atoms with E-state index in [1.807, 2.05) is 48.9 Å². The lowest BCUT2D eigenvalue weighted by molar-refractivity contribution is 0.102. The number of hydrogen-bond acceptors (Lipinski definition) is 5. The Kier molecular flexibility index (Phi) is 4.96. The van der Waals surface area contributed by atoms with Crippen molar-refractivity contribution in [2.24, 2.45) is 7.05 Å². The van der Waals surface area contributed by atoms with Gasteiger partial charge in [-0.25, -0.2) is 0 Å². The molecule has 2 aromatic carbocycles. The Morgan fingerprint density at radius 3 is 2.56 bits per heavy atom. The zero-order valence-corrected chi connectivity index (χ0v) is 14.7. The third-order valence-electron chi connectivity index (χ3n) is 3.89. The molecule has 0 N–H and O–H groups in total. The van der Waals surface area contributed by atoms with Crippen LogP contribution in [0.4, 0.5) is 0 Å². The number of thioether (sulfide) groups is 1. The first-order valence-corrected chi connectivity index (χ1v) is 8.70. The van der Waals surface area contributed by atoms with Gasteiger partial charge in [-0.3, -0.25) is 4.79 Å². The molecule has 0 aliphatic rings. The summed E-state index contributed by atoms with van der Waals surface area (Å²) in [5.74, 6) is 1.05.